The molecule has 1 N–H and O–H groups in total. The predicted octanol–water partition coefficient (Wildman–Crippen LogP) is 1.29. The smallest absolute Gasteiger partial charge is 0.354 e. The summed E-state index contributed by atoms with van der Waals surface area (Å²) in [6.07, 6.45) is 1.39. The Morgan fingerprint density at radius 3 is 2.43 bits per heavy atom. The van der Waals surface area contributed by atoms with E-state index in [0.717, 1.165) is 11.6 Å². The molecule has 160 valence electrons. The summed E-state index contributed by atoms with van der Waals surface area (Å²) < 4.78 is 14.5. The van der Waals surface area contributed by atoms with Crippen LogP contribution in [-0.4, -0.2) is 61.7 Å². The number of rotatable bonds is 9. The van der Waals surface area contributed by atoms with E-state index in [1.807, 2.05) is 30.3 Å². The lowest BCUT2D eigenvalue weighted by Crippen LogP contribution is -2.29. The van der Waals surface area contributed by atoms with Gasteiger partial charge in [-0.25, -0.2) is 14.6 Å². The molecular formula is C21H25N3O6. The first-order valence-electron chi connectivity index (χ1n) is 9.16. The Kier molecular flexibility index (Phi) is 8.30. The van der Waals surface area contributed by atoms with Gasteiger partial charge in [0.1, 0.15) is 11.5 Å². The first-order valence-corrected chi connectivity index (χ1v) is 9.16. The molecule has 0 unspecified atom stereocenters. The molecule has 0 aliphatic heterocycles. The lowest BCUT2D eigenvalue weighted by atomic mass is 10.1. The topological polar surface area (TPSA) is 111 Å². The van der Waals surface area contributed by atoms with Crippen molar-refractivity contribution in [3.8, 4) is 11.4 Å². The molecular weight excluding hydrogens is 390 g/mol. The molecule has 1 aromatic carbocycles. The summed E-state index contributed by atoms with van der Waals surface area (Å²) in [4.78, 5) is 45.2. The van der Waals surface area contributed by atoms with Gasteiger partial charge in [-0.15, -0.1) is 0 Å². The van der Waals surface area contributed by atoms with Crippen LogP contribution in [0.2, 0.25) is 0 Å². The van der Waals surface area contributed by atoms with Gasteiger partial charge >= 0.3 is 11.9 Å². The van der Waals surface area contributed by atoms with Crippen LogP contribution >= 0.6 is 0 Å². The van der Waals surface area contributed by atoms with Crippen LogP contribution in [0.5, 0.6) is 0 Å². The number of ether oxygens (including phenoxy) is 3. The number of carbonyl (C=O) groups is 2. The quantitative estimate of drug-likeness (QED) is 0.482. The number of benzene rings is 1. The van der Waals surface area contributed by atoms with Crippen LogP contribution in [0.1, 0.15) is 11.3 Å². The summed E-state index contributed by atoms with van der Waals surface area (Å²) in [6.45, 7) is 0.387. The third kappa shape index (κ3) is 5.77. The molecule has 1 aromatic heterocycles. The van der Waals surface area contributed by atoms with E-state index in [0.29, 0.717) is 30.0 Å². The highest BCUT2D eigenvalue weighted by Gasteiger charge is 2.19. The summed E-state index contributed by atoms with van der Waals surface area (Å²) in [6, 6.07) is 9.27. The summed E-state index contributed by atoms with van der Waals surface area (Å²) in [5.41, 5.74) is 1.46. The van der Waals surface area contributed by atoms with Crippen molar-refractivity contribution in [3.05, 3.63) is 63.7 Å². The Morgan fingerprint density at radius 1 is 1.13 bits per heavy atom. The molecule has 0 bridgehead atoms. The zero-order chi connectivity index (χ0) is 22.1. The maximum Gasteiger partial charge on any atom is 0.354 e. The number of nitrogens with zero attached hydrogens (tertiary/aromatic N) is 2. The lowest BCUT2D eigenvalue weighted by Gasteiger charge is -2.21. The Bertz CT molecular complexity index is 968. The number of carbonyl (C=O) groups excluding carboxylic acids is 2. The van der Waals surface area contributed by atoms with Gasteiger partial charge < -0.3 is 24.1 Å². The predicted molar refractivity (Wildman–Crippen MR) is 109 cm³/mol. The first kappa shape index (κ1) is 22.8. The second kappa shape index (κ2) is 10.9. The fourth-order valence-corrected chi connectivity index (χ4v) is 2.77. The van der Waals surface area contributed by atoms with Gasteiger partial charge in [0.25, 0.3) is 5.56 Å². The molecule has 1 heterocycles. The van der Waals surface area contributed by atoms with Crippen LogP contribution in [0, 0.1) is 0 Å². The number of likely N-dealkylation sites (N-methyl/N-ethyl adjacent to an activating group) is 1. The number of methoxy groups -OCH3 is 3. The summed E-state index contributed by atoms with van der Waals surface area (Å²) in [5, 5.41) is 0. The van der Waals surface area contributed by atoms with Gasteiger partial charge in [-0.3, -0.25) is 4.79 Å². The van der Waals surface area contributed by atoms with E-state index in [2.05, 4.69) is 14.7 Å². The molecule has 0 fully saturated rings. The number of nitrogens with one attached hydrogen (secondary N) is 1. The Balaban J connectivity index is 2.34. The van der Waals surface area contributed by atoms with Gasteiger partial charge in [-0.2, -0.15) is 0 Å². The average Bonchev–Trinajstić information content (AvgIpc) is 2.77. The molecule has 30 heavy (non-hydrogen) atoms. The Labute approximate surface area is 174 Å². The van der Waals surface area contributed by atoms with Crippen LogP contribution in [0.25, 0.3) is 11.4 Å². The van der Waals surface area contributed by atoms with Crippen LogP contribution in [0.4, 0.5) is 0 Å². The third-order valence-corrected chi connectivity index (χ3v) is 4.38. The van der Waals surface area contributed by atoms with E-state index in [1.54, 1.807) is 11.9 Å². The van der Waals surface area contributed by atoms with Crippen LogP contribution in [-0.2, 0) is 36.8 Å². The SMILES string of the molecule is COCc1c(CCN(C)/C(=C\C(=O)OC)C(=O)OC)nc(-c2ccccc2)[nH]c1=O. The van der Waals surface area contributed by atoms with Gasteiger partial charge in [0.2, 0.25) is 0 Å². The number of hydrogen-bond acceptors (Lipinski definition) is 8. The van der Waals surface area contributed by atoms with E-state index >= 15 is 0 Å². The number of H-pyrrole nitrogens is 1. The third-order valence-electron chi connectivity index (χ3n) is 4.38. The molecule has 0 saturated heterocycles. The standard InChI is InChI=1S/C21H25N3O6/c1-24(17(21(27)30-4)12-18(25)29-3)11-10-16-15(13-28-2)20(26)23-19(22-16)14-8-6-5-7-9-14/h5-9,12H,10-11,13H2,1-4H3,(H,22,23,26)/b17-12-. The molecule has 2 aromatic rings. The molecule has 0 amide bonds. The van der Waals surface area contributed by atoms with Crippen molar-refractivity contribution in [1.82, 2.24) is 14.9 Å². The highest BCUT2D eigenvalue weighted by Crippen LogP contribution is 2.16. The van der Waals surface area contributed by atoms with Crippen molar-refractivity contribution < 1.29 is 23.8 Å². The fourth-order valence-electron chi connectivity index (χ4n) is 2.77. The van der Waals surface area contributed by atoms with Crippen LogP contribution < -0.4 is 5.56 Å². The minimum atomic E-state index is -0.678. The minimum absolute atomic E-state index is 0.0331. The van der Waals surface area contributed by atoms with Crippen molar-refractivity contribution >= 4 is 11.9 Å². The zero-order valence-corrected chi connectivity index (χ0v) is 17.4. The molecule has 9 nitrogen and oxygen atoms in total. The van der Waals surface area contributed by atoms with Gasteiger partial charge in [0.15, 0.2) is 0 Å². The van der Waals surface area contributed by atoms with Crippen LogP contribution in [0.15, 0.2) is 46.9 Å². The molecule has 0 aliphatic carbocycles. The van der Waals surface area contributed by atoms with Gasteiger partial charge in [-0.05, 0) is 0 Å². The summed E-state index contributed by atoms with van der Waals surface area (Å²) in [5.74, 6) is -0.914. The molecule has 0 aliphatic rings. The average molecular weight is 415 g/mol. The van der Waals surface area contributed by atoms with E-state index < -0.39 is 11.9 Å². The minimum Gasteiger partial charge on any atom is -0.466 e. The summed E-state index contributed by atoms with van der Waals surface area (Å²) in [7, 11) is 5.57. The molecule has 0 saturated carbocycles. The van der Waals surface area contributed by atoms with Crippen molar-refractivity contribution in [1.29, 1.82) is 0 Å². The van der Waals surface area contributed by atoms with E-state index in [1.165, 1.54) is 21.3 Å². The van der Waals surface area contributed by atoms with E-state index in [4.69, 9.17) is 9.47 Å². The van der Waals surface area contributed by atoms with E-state index in [-0.39, 0.29) is 17.9 Å². The maximum absolute atomic E-state index is 12.6. The second-order valence-corrected chi connectivity index (χ2v) is 6.35. The van der Waals surface area contributed by atoms with Crippen molar-refractivity contribution in [3.63, 3.8) is 0 Å². The number of aromatic nitrogens is 2. The largest absolute Gasteiger partial charge is 0.466 e. The monoisotopic (exact) mass is 415 g/mol. The molecule has 0 radical (unpaired) electrons. The van der Waals surface area contributed by atoms with Crippen LogP contribution in [0.3, 0.4) is 0 Å². The number of hydrogen-bond donors (Lipinski definition) is 1. The van der Waals surface area contributed by atoms with Gasteiger partial charge in [0.05, 0.1) is 38.2 Å². The Hall–Kier alpha value is -3.46. The normalized spacial score (nSPS) is 11.1. The molecule has 0 spiro atoms. The van der Waals surface area contributed by atoms with Crippen molar-refractivity contribution in [2.24, 2.45) is 0 Å². The Morgan fingerprint density at radius 2 is 1.83 bits per heavy atom. The lowest BCUT2D eigenvalue weighted by molar-refractivity contribution is -0.139. The van der Waals surface area contributed by atoms with Crippen molar-refractivity contribution in [2.45, 2.75) is 13.0 Å². The van der Waals surface area contributed by atoms with Gasteiger partial charge in [-0.1, -0.05) is 30.3 Å². The zero-order valence-electron chi connectivity index (χ0n) is 17.4. The molecule has 0 atom stereocenters. The fraction of sp³-hybridized carbons (Fsp3) is 0.333. The molecule has 9 heteroatoms. The number of aromatic amines is 1. The highest BCUT2D eigenvalue weighted by molar-refractivity contribution is 5.95. The van der Waals surface area contributed by atoms with E-state index in [9.17, 15) is 14.4 Å². The molecule has 2 rings (SSSR count). The summed E-state index contributed by atoms with van der Waals surface area (Å²) >= 11 is 0. The second-order valence-electron chi connectivity index (χ2n) is 6.35. The maximum atomic E-state index is 12.6. The van der Waals surface area contributed by atoms with Gasteiger partial charge in [0, 0.05) is 32.7 Å². The van der Waals surface area contributed by atoms with Crippen molar-refractivity contribution in [2.75, 3.05) is 34.9 Å². The highest BCUT2D eigenvalue weighted by atomic mass is 16.5. The number of esters is 2. The first-order chi connectivity index (χ1) is 14.4.